The molecule has 0 aliphatic carbocycles. The van der Waals surface area contributed by atoms with E-state index in [2.05, 4.69) is 25.7 Å². The molecule has 0 radical (unpaired) electrons. The molecule has 1 aliphatic heterocycles. The summed E-state index contributed by atoms with van der Waals surface area (Å²) in [6.07, 6.45) is 3.72. The van der Waals surface area contributed by atoms with Crippen LogP contribution in [0.5, 0.6) is 0 Å². The Bertz CT molecular complexity index is 754. The number of aromatic nitrogens is 3. The van der Waals surface area contributed by atoms with Crippen molar-refractivity contribution >= 4 is 40.0 Å². The highest BCUT2D eigenvalue weighted by atomic mass is 127. The number of hydrogen-bond donors (Lipinski definition) is 2. The van der Waals surface area contributed by atoms with Crippen LogP contribution in [0.15, 0.2) is 4.99 Å². The van der Waals surface area contributed by atoms with Gasteiger partial charge in [0.05, 0.1) is 12.8 Å². The number of hydrogen-bond acceptors (Lipinski definition) is 6. The summed E-state index contributed by atoms with van der Waals surface area (Å²) in [7, 11) is -1.51. The van der Waals surface area contributed by atoms with E-state index in [1.807, 2.05) is 18.5 Å². The third-order valence-electron chi connectivity index (χ3n) is 4.52. The summed E-state index contributed by atoms with van der Waals surface area (Å²) in [6.45, 7) is 7.29. The minimum Gasteiger partial charge on any atom is -0.377 e. The van der Waals surface area contributed by atoms with Gasteiger partial charge in [-0.1, -0.05) is 6.92 Å². The van der Waals surface area contributed by atoms with Crippen LogP contribution in [-0.4, -0.2) is 79.0 Å². The summed E-state index contributed by atoms with van der Waals surface area (Å²) >= 11 is 0. The largest absolute Gasteiger partial charge is 0.377 e. The maximum Gasteiger partial charge on any atom is 0.211 e. The summed E-state index contributed by atoms with van der Waals surface area (Å²) in [5.74, 6) is 2.45. The Balaban J connectivity index is 0.00000420. The van der Waals surface area contributed by atoms with Crippen molar-refractivity contribution in [2.75, 3.05) is 39.5 Å². The predicted octanol–water partition coefficient (Wildman–Crippen LogP) is 0.584. The van der Waals surface area contributed by atoms with Gasteiger partial charge in [-0.25, -0.2) is 22.4 Å². The molecule has 0 bridgehead atoms. The lowest BCUT2D eigenvalue weighted by Gasteiger charge is -2.25. The first-order chi connectivity index (χ1) is 13.4. The third kappa shape index (κ3) is 8.34. The molecular weight excluding hydrogens is 509 g/mol. The molecule has 1 aliphatic rings. The fraction of sp³-hybridized carbons (Fsp3) is 0.824. The quantitative estimate of drug-likeness (QED) is 0.192. The zero-order valence-corrected chi connectivity index (χ0v) is 20.9. The average Bonchev–Trinajstić information content (AvgIpc) is 3.02. The second-order valence-electron chi connectivity index (χ2n) is 6.81. The molecule has 12 heteroatoms. The summed E-state index contributed by atoms with van der Waals surface area (Å²) in [4.78, 5) is 9.09. The van der Waals surface area contributed by atoms with Gasteiger partial charge in [0.25, 0.3) is 0 Å². The molecule has 29 heavy (non-hydrogen) atoms. The summed E-state index contributed by atoms with van der Waals surface area (Å²) in [5.41, 5.74) is 0. The van der Waals surface area contributed by atoms with Gasteiger partial charge in [-0.15, -0.1) is 24.0 Å². The Morgan fingerprint density at radius 1 is 1.41 bits per heavy atom. The van der Waals surface area contributed by atoms with Crippen molar-refractivity contribution in [1.82, 2.24) is 29.7 Å². The van der Waals surface area contributed by atoms with Crippen molar-refractivity contribution in [2.24, 2.45) is 4.99 Å². The van der Waals surface area contributed by atoms with Crippen molar-refractivity contribution in [1.29, 1.82) is 0 Å². The van der Waals surface area contributed by atoms with Crippen LogP contribution in [0.2, 0.25) is 0 Å². The summed E-state index contributed by atoms with van der Waals surface area (Å²) in [5, 5.41) is 11.2. The first-order valence-corrected chi connectivity index (χ1v) is 11.6. The minimum absolute atomic E-state index is 0. The van der Waals surface area contributed by atoms with E-state index in [1.54, 1.807) is 7.11 Å². The van der Waals surface area contributed by atoms with Crippen LogP contribution in [-0.2, 0) is 34.3 Å². The maximum atomic E-state index is 11.6. The minimum atomic E-state index is -3.15. The topological polar surface area (TPSA) is 114 Å². The van der Waals surface area contributed by atoms with Crippen LogP contribution in [0.3, 0.4) is 0 Å². The highest BCUT2D eigenvalue weighted by Gasteiger charge is 2.22. The number of aryl methyl sites for hydroxylation is 1. The molecule has 0 amide bonds. The van der Waals surface area contributed by atoms with E-state index in [0.29, 0.717) is 38.5 Å². The van der Waals surface area contributed by atoms with E-state index in [4.69, 9.17) is 4.74 Å². The van der Waals surface area contributed by atoms with E-state index in [0.717, 1.165) is 37.7 Å². The SMILES string of the molecule is CCNC(=NCCCN(CC)S(C)(=O)=O)NC1CCc2nc(COC)nn2C1.I. The van der Waals surface area contributed by atoms with Crippen LogP contribution in [0.4, 0.5) is 0 Å². The molecule has 0 saturated heterocycles. The molecule has 2 rings (SSSR count). The second-order valence-corrected chi connectivity index (χ2v) is 8.79. The lowest BCUT2D eigenvalue weighted by Crippen LogP contribution is -2.47. The maximum absolute atomic E-state index is 11.6. The van der Waals surface area contributed by atoms with Crippen LogP contribution in [0.25, 0.3) is 0 Å². The van der Waals surface area contributed by atoms with E-state index < -0.39 is 10.0 Å². The Labute approximate surface area is 190 Å². The Hall–Kier alpha value is -0.990. The Kier molecular flexibility index (Phi) is 11.4. The third-order valence-corrected chi connectivity index (χ3v) is 5.90. The number of aliphatic imine (C=N–C) groups is 1. The molecule has 168 valence electrons. The molecule has 1 aromatic heterocycles. The van der Waals surface area contributed by atoms with Gasteiger partial charge in [0.15, 0.2) is 11.8 Å². The van der Waals surface area contributed by atoms with Gasteiger partial charge in [-0.05, 0) is 19.8 Å². The number of halogens is 1. The van der Waals surface area contributed by atoms with Crippen molar-refractivity contribution < 1.29 is 13.2 Å². The number of rotatable bonds is 10. The average molecular weight is 543 g/mol. The lowest BCUT2D eigenvalue weighted by atomic mass is 10.1. The molecule has 0 aromatic carbocycles. The van der Waals surface area contributed by atoms with Crippen molar-refractivity contribution in [3.8, 4) is 0 Å². The molecule has 2 heterocycles. The molecule has 1 unspecified atom stereocenters. The summed E-state index contributed by atoms with van der Waals surface area (Å²) in [6, 6.07) is 0.213. The van der Waals surface area contributed by atoms with Gasteiger partial charge in [0.2, 0.25) is 10.0 Å². The summed E-state index contributed by atoms with van der Waals surface area (Å²) < 4.78 is 31.8. The van der Waals surface area contributed by atoms with E-state index in [-0.39, 0.29) is 30.0 Å². The first-order valence-electron chi connectivity index (χ1n) is 9.78. The molecule has 1 aromatic rings. The fourth-order valence-electron chi connectivity index (χ4n) is 3.18. The van der Waals surface area contributed by atoms with Crippen molar-refractivity contribution in [2.45, 2.75) is 52.3 Å². The monoisotopic (exact) mass is 543 g/mol. The van der Waals surface area contributed by atoms with Crippen LogP contribution >= 0.6 is 24.0 Å². The highest BCUT2D eigenvalue weighted by molar-refractivity contribution is 14.0. The number of methoxy groups -OCH3 is 1. The number of nitrogens with one attached hydrogen (secondary N) is 2. The van der Waals surface area contributed by atoms with Gasteiger partial charge in [0, 0.05) is 45.8 Å². The van der Waals surface area contributed by atoms with Crippen LogP contribution < -0.4 is 10.6 Å². The predicted molar refractivity (Wildman–Crippen MR) is 124 cm³/mol. The van der Waals surface area contributed by atoms with E-state index in [1.165, 1.54) is 10.6 Å². The molecule has 1 atom stereocenters. The second kappa shape index (κ2) is 12.6. The zero-order chi connectivity index (χ0) is 20.6. The Morgan fingerprint density at radius 3 is 2.79 bits per heavy atom. The molecule has 0 saturated carbocycles. The number of fused-ring (bicyclic) bond motifs is 1. The van der Waals surface area contributed by atoms with Crippen LogP contribution in [0.1, 0.15) is 38.3 Å². The standard InChI is InChI=1S/C17H33N7O3S.HI/c1-5-18-17(19-10-7-11-23(6-2)28(4,25)26)20-14-8-9-16-21-15(13-27-3)22-24(16)12-14;/h14H,5-13H2,1-4H3,(H2,18,19,20);1H. The van der Waals surface area contributed by atoms with Gasteiger partial charge >= 0.3 is 0 Å². The Morgan fingerprint density at radius 2 is 2.17 bits per heavy atom. The zero-order valence-electron chi connectivity index (χ0n) is 17.7. The molecule has 10 nitrogen and oxygen atoms in total. The van der Waals surface area contributed by atoms with Gasteiger partial charge in [0.1, 0.15) is 12.4 Å². The molecule has 0 fully saturated rings. The van der Waals surface area contributed by atoms with Gasteiger partial charge in [-0.2, -0.15) is 5.10 Å². The number of nitrogens with zero attached hydrogens (tertiary/aromatic N) is 5. The number of guanidine groups is 1. The van der Waals surface area contributed by atoms with Crippen molar-refractivity contribution in [3.63, 3.8) is 0 Å². The number of sulfonamides is 1. The number of ether oxygens (including phenoxy) is 1. The molecular formula is C17H34IN7O3S. The van der Waals surface area contributed by atoms with E-state index in [9.17, 15) is 8.42 Å². The van der Waals surface area contributed by atoms with E-state index >= 15 is 0 Å². The normalized spacial score (nSPS) is 17.0. The highest BCUT2D eigenvalue weighted by Crippen LogP contribution is 2.13. The fourth-order valence-corrected chi connectivity index (χ4v) is 4.11. The van der Waals surface area contributed by atoms with Gasteiger partial charge < -0.3 is 15.4 Å². The van der Waals surface area contributed by atoms with Gasteiger partial charge in [-0.3, -0.25) is 4.99 Å². The van der Waals surface area contributed by atoms with Crippen LogP contribution in [0, 0.1) is 0 Å². The molecule has 0 spiro atoms. The first kappa shape index (κ1) is 26.0. The molecule has 2 N–H and O–H groups in total. The smallest absolute Gasteiger partial charge is 0.211 e. The van der Waals surface area contributed by atoms with Crippen molar-refractivity contribution in [3.05, 3.63) is 11.6 Å². The lowest BCUT2D eigenvalue weighted by molar-refractivity contribution is 0.177.